The summed E-state index contributed by atoms with van der Waals surface area (Å²) >= 11 is 0. The van der Waals surface area contributed by atoms with Crippen molar-refractivity contribution in [1.29, 1.82) is 0 Å². The second-order valence-corrected chi connectivity index (χ2v) is 15.8. The van der Waals surface area contributed by atoms with Crippen molar-refractivity contribution in [2.24, 2.45) is 0 Å². The monoisotopic (exact) mass is 729 g/mol. The number of fused-ring (bicyclic) bond motifs is 4. The van der Waals surface area contributed by atoms with E-state index in [1.807, 2.05) is 18.6 Å². The topological polar surface area (TPSA) is 43.7 Å². The number of nitrogens with zero attached hydrogens (tertiary/aromatic N) is 7. The minimum Gasteiger partial charge on any atom is -0.361 e. The fourth-order valence-electron chi connectivity index (χ4n) is 9.00. The molecule has 5 aromatic carbocycles. The van der Waals surface area contributed by atoms with Crippen LogP contribution in [0, 0.1) is 0 Å². The number of para-hydroxylation sites is 2. The highest BCUT2D eigenvalue weighted by molar-refractivity contribution is 7.00. The van der Waals surface area contributed by atoms with E-state index in [9.17, 15) is 0 Å². The van der Waals surface area contributed by atoms with E-state index in [0.717, 1.165) is 52.0 Å². The molecule has 0 N–H and O–H groups in total. The van der Waals surface area contributed by atoms with Crippen LogP contribution in [0.4, 0.5) is 39.8 Å². The minimum absolute atomic E-state index is 0.0543. The van der Waals surface area contributed by atoms with Gasteiger partial charge in [0.2, 0.25) is 0 Å². The maximum atomic E-state index is 5.05. The van der Waals surface area contributed by atoms with Crippen molar-refractivity contribution in [3.8, 4) is 16.8 Å². The standard InChI is InChI=1S/C48H44BN7/c1-32(2)39-17-12-18-40(33(3)4)47(39)34-27-51-54(30-34)38-20-22-44-42(26-38)49-41-25-37(53-24-23-52(5)31-53)19-21-43(41)55(35-13-8-6-9-14-35)45-28-50-29-46(48(45)49)56(44)36-15-10-7-11-16-36/h6-30,32-33H,31H2,1-5H3. The van der Waals surface area contributed by atoms with Crippen molar-refractivity contribution in [1.82, 2.24) is 19.7 Å². The first kappa shape index (κ1) is 34.0. The Hall–Kier alpha value is -6.54. The van der Waals surface area contributed by atoms with E-state index in [-0.39, 0.29) is 6.71 Å². The van der Waals surface area contributed by atoms with Gasteiger partial charge in [-0.3, -0.25) is 4.98 Å². The summed E-state index contributed by atoms with van der Waals surface area (Å²) in [5.41, 5.74) is 17.8. The van der Waals surface area contributed by atoms with Gasteiger partial charge >= 0.3 is 0 Å². The Morgan fingerprint density at radius 3 is 1.70 bits per heavy atom. The van der Waals surface area contributed by atoms with E-state index >= 15 is 0 Å². The lowest BCUT2D eigenvalue weighted by molar-refractivity contribution is 0.496. The van der Waals surface area contributed by atoms with Crippen molar-refractivity contribution in [3.63, 3.8) is 0 Å². The van der Waals surface area contributed by atoms with E-state index in [4.69, 9.17) is 10.1 Å². The van der Waals surface area contributed by atoms with Gasteiger partial charge in [0, 0.05) is 59.6 Å². The van der Waals surface area contributed by atoms with E-state index in [1.165, 1.54) is 38.8 Å². The van der Waals surface area contributed by atoms with Crippen LogP contribution in [-0.2, 0) is 0 Å². The van der Waals surface area contributed by atoms with Gasteiger partial charge in [-0.15, -0.1) is 0 Å². The van der Waals surface area contributed by atoms with Crippen LogP contribution in [-0.4, -0.2) is 40.1 Å². The molecular weight excluding hydrogens is 685 g/mol. The number of rotatable bonds is 7. The van der Waals surface area contributed by atoms with Gasteiger partial charge in [-0.05, 0) is 106 Å². The zero-order valence-corrected chi connectivity index (χ0v) is 32.5. The van der Waals surface area contributed by atoms with Gasteiger partial charge in [0.1, 0.15) is 0 Å². The average molecular weight is 730 g/mol. The molecule has 0 unspecified atom stereocenters. The maximum Gasteiger partial charge on any atom is 0.252 e. The second-order valence-electron chi connectivity index (χ2n) is 15.8. The Bertz CT molecular complexity index is 2590. The normalized spacial score (nSPS) is 14.2. The molecule has 0 bridgehead atoms. The van der Waals surface area contributed by atoms with Gasteiger partial charge in [0.15, 0.2) is 0 Å². The molecule has 10 rings (SSSR count). The largest absolute Gasteiger partial charge is 0.361 e. The molecule has 7 aromatic rings. The van der Waals surface area contributed by atoms with Gasteiger partial charge in [0.25, 0.3) is 6.71 Å². The first-order valence-electron chi connectivity index (χ1n) is 19.6. The fourth-order valence-corrected chi connectivity index (χ4v) is 9.00. The minimum atomic E-state index is -0.0543. The number of aromatic nitrogens is 3. The van der Waals surface area contributed by atoms with Crippen molar-refractivity contribution in [3.05, 3.63) is 164 Å². The quantitative estimate of drug-likeness (QED) is 0.152. The predicted octanol–water partition coefficient (Wildman–Crippen LogP) is 9.44. The van der Waals surface area contributed by atoms with Crippen LogP contribution in [0.5, 0.6) is 0 Å². The summed E-state index contributed by atoms with van der Waals surface area (Å²) in [5.74, 6) is 0.790. The van der Waals surface area contributed by atoms with Crippen LogP contribution in [0.25, 0.3) is 16.8 Å². The zero-order valence-electron chi connectivity index (χ0n) is 32.5. The average Bonchev–Trinajstić information content (AvgIpc) is 3.90. The van der Waals surface area contributed by atoms with E-state index in [2.05, 4.69) is 193 Å². The molecular formula is C48H44BN7. The van der Waals surface area contributed by atoms with Crippen molar-refractivity contribution < 1.29 is 0 Å². The Morgan fingerprint density at radius 1 is 0.571 bits per heavy atom. The smallest absolute Gasteiger partial charge is 0.252 e. The third-order valence-corrected chi connectivity index (χ3v) is 11.6. The Balaban J connectivity index is 1.20. The molecule has 274 valence electrons. The summed E-state index contributed by atoms with van der Waals surface area (Å²) in [6, 6.07) is 41.9. The predicted molar refractivity (Wildman–Crippen MR) is 233 cm³/mol. The number of hydrogen-bond donors (Lipinski definition) is 0. The zero-order chi connectivity index (χ0) is 38.1. The lowest BCUT2D eigenvalue weighted by Crippen LogP contribution is -2.61. The lowest BCUT2D eigenvalue weighted by atomic mass is 9.33. The van der Waals surface area contributed by atoms with Crippen LogP contribution in [0.3, 0.4) is 0 Å². The van der Waals surface area contributed by atoms with E-state index in [1.54, 1.807) is 0 Å². The summed E-state index contributed by atoms with van der Waals surface area (Å²) in [6.07, 6.45) is 12.7. The van der Waals surface area contributed by atoms with E-state index < -0.39 is 0 Å². The molecule has 0 spiro atoms. The Kier molecular flexibility index (Phi) is 8.10. The maximum absolute atomic E-state index is 5.05. The third-order valence-electron chi connectivity index (χ3n) is 11.6. The number of anilines is 7. The second kappa shape index (κ2) is 13.3. The molecule has 0 saturated carbocycles. The Morgan fingerprint density at radius 2 is 1.14 bits per heavy atom. The molecule has 0 amide bonds. The van der Waals surface area contributed by atoms with Crippen molar-refractivity contribution in [2.45, 2.75) is 39.5 Å². The molecule has 7 nitrogen and oxygen atoms in total. The van der Waals surface area contributed by atoms with Crippen LogP contribution in [0.1, 0.15) is 50.7 Å². The van der Waals surface area contributed by atoms with Crippen LogP contribution in [0.15, 0.2) is 152 Å². The lowest BCUT2D eigenvalue weighted by Gasteiger charge is -2.44. The number of benzene rings is 5. The SMILES string of the molecule is CC(C)c1cccc(C(C)C)c1-c1cnn(-c2ccc3c(c2)B2c4cc(N5C=CN(C)C5)ccc4N(c4ccccc4)c4cncc(c42)N3c2ccccc2)c1. The summed E-state index contributed by atoms with van der Waals surface area (Å²) in [5, 5.41) is 5.05. The summed E-state index contributed by atoms with van der Waals surface area (Å²) in [7, 11) is 2.12. The molecule has 3 aliphatic rings. The highest BCUT2D eigenvalue weighted by Gasteiger charge is 2.44. The highest BCUT2D eigenvalue weighted by Crippen LogP contribution is 2.44. The highest BCUT2D eigenvalue weighted by atomic mass is 15.3. The van der Waals surface area contributed by atoms with Crippen LogP contribution in [0.2, 0.25) is 0 Å². The van der Waals surface area contributed by atoms with Crippen LogP contribution < -0.4 is 31.1 Å². The van der Waals surface area contributed by atoms with Gasteiger partial charge < -0.3 is 19.6 Å². The van der Waals surface area contributed by atoms with Gasteiger partial charge in [-0.25, -0.2) is 4.68 Å². The molecule has 0 radical (unpaired) electrons. The summed E-state index contributed by atoms with van der Waals surface area (Å²) in [4.78, 5) is 14.2. The molecule has 56 heavy (non-hydrogen) atoms. The molecule has 3 aliphatic heterocycles. The number of hydrogen-bond acceptors (Lipinski definition) is 6. The summed E-state index contributed by atoms with van der Waals surface area (Å²) < 4.78 is 2.06. The molecule has 0 aliphatic carbocycles. The summed E-state index contributed by atoms with van der Waals surface area (Å²) in [6.45, 7) is 9.87. The van der Waals surface area contributed by atoms with E-state index in [0.29, 0.717) is 11.8 Å². The van der Waals surface area contributed by atoms with Crippen LogP contribution >= 0.6 is 0 Å². The first-order valence-corrected chi connectivity index (χ1v) is 19.6. The molecule has 5 heterocycles. The van der Waals surface area contributed by atoms with Crippen molar-refractivity contribution >= 4 is 62.9 Å². The van der Waals surface area contributed by atoms with Gasteiger partial charge in [-0.1, -0.05) is 82.3 Å². The third kappa shape index (κ3) is 5.42. The molecule has 0 atom stereocenters. The molecule has 0 saturated heterocycles. The Labute approximate surface area is 329 Å². The first-order chi connectivity index (χ1) is 27.4. The van der Waals surface area contributed by atoms with Gasteiger partial charge in [-0.2, -0.15) is 5.10 Å². The van der Waals surface area contributed by atoms with Crippen molar-refractivity contribution in [2.75, 3.05) is 28.4 Å². The molecule has 2 aromatic heterocycles. The number of pyridine rings is 1. The molecule has 0 fully saturated rings. The fraction of sp³-hybridized carbons (Fsp3) is 0.167. The molecule has 8 heteroatoms. The van der Waals surface area contributed by atoms with Gasteiger partial charge in [0.05, 0.1) is 42.3 Å².